The highest BCUT2D eigenvalue weighted by molar-refractivity contribution is 5.45. The summed E-state index contributed by atoms with van der Waals surface area (Å²) in [6, 6.07) is 5.84. The van der Waals surface area contributed by atoms with Gasteiger partial charge < -0.3 is 14.4 Å². The predicted octanol–water partition coefficient (Wildman–Crippen LogP) is 5.31. The molecule has 1 unspecified atom stereocenters. The van der Waals surface area contributed by atoms with Crippen LogP contribution in [0.15, 0.2) is 48.8 Å². The Morgan fingerprint density at radius 3 is 2.29 bits per heavy atom. The molecule has 1 aliphatic heterocycles. The summed E-state index contributed by atoms with van der Waals surface area (Å²) >= 11 is 0. The molecule has 2 heterocycles. The highest BCUT2D eigenvalue weighted by Crippen LogP contribution is 2.42. The van der Waals surface area contributed by atoms with E-state index in [9.17, 15) is 35.5 Å². The van der Waals surface area contributed by atoms with Crippen LogP contribution in [0.5, 0.6) is 0 Å². The fraction of sp³-hybridized carbons (Fsp3) is 0.423. The molecule has 1 amide bonds. The third-order valence-electron chi connectivity index (χ3n) is 6.87. The van der Waals surface area contributed by atoms with Crippen molar-refractivity contribution in [3.8, 4) is 0 Å². The van der Waals surface area contributed by atoms with Gasteiger partial charge in [0.1, 0.15) is 25.4 Å². The van der Waals surface area contributed by atoms with E-state index in [1.807, 2.05) is 0 Å². The summed E-state index contributed by atoms with van der Waals surface area (Å²) in [6.07, 6.45) is -10.5. The van der Waals surface area contributed by atoms with Gasteiger partial charge in [-0.25, -0.2) is 13.6 Å². The molecule has 15 heteroatoms. The molecule has 1 fully saturated rings. The van der Waals surface area contributed by atoms with Crippen molar-refractivity contribution < 1.29 is 45.0 Å². The smallest absolute Gasteiger partial charge is 0.341 e. The van der Waals surface area contributed by atoms with Crippen LogP contribution in [0.4, 0.5) is 36.7 Å². The number of likely N-dealkylation sites (N-methyl/N-ethyl adjacent to an activating group) is 1. The zero-order chi connectivity index (χ0) is 30.2. The Hall–Kier alpha value is -3.56. The molecule has 2 aromatic carbocycles. The van der Waals surface area contributed by atoms with Gasteiger partial charge in [-0.1, -0.05) is 5.10 Å². The molecule has 4 rings (SSSR count). The molecular formula is C26H27F7N5O3+. The Kier molecular flexibility index (Phi) is 8.43. The lowest BCUT2D eigenvalue weighted by Gasteiger charge is -2.45. The number of carbonyl (C=O) groups excluding carboxylic acids is 1. The van der Waals surface area contributed by atoms with Crippen molar-refractivity contribution in [3.63, 3.8) is 0 Å². The Morgan fingerprint density at radius 1 is 1.12 bits per heavy atom. The topological polar surface area (TPSA) is 69.5 Å². The third kappa shape index (κ3) is 6.68. The Labute approximate surface area is 230 Å². The molecule has 0 N–H and O–H groups in total. The molecule has 41 heavy (non-hydrogen) atoms. The van der Waals surface area contributed by atoms with Gasteiger partial charge in [0.2, 0.25) is 12.7 Å². The van der Waals surface area contributed by atoms with E-state index < -0.39 is 47.7 Å². The standard InChI is InChI=1S/C26H27F7N5O3/c1-16(18-10-19(25(28,29)30)12-20(11-18)26(31,32)33)41-23-22(17-4-6-21(27)7-5-17)38(3,8-9-40-23)24-34-13-37(35-24)14-36(2)15-39/h4-7,10-13,15-16,22-23H,8-9,14H2,1-3H3/q+1/t16-,22+,23-,38?/m1/s1. The van der Waals surface area contributed by atoms with Crippen molar-refractivity contribution in [3.05, 3.63) is 76.9 Å². The average Bonchev–Trinajstić information content (AvgIpc) is 3.37. The second kappa shape index (κ2) is 11.4. The zero-order valence-corrected chi connectivity index (χ0v) is 22.2. The monoisotopic (exact) mass is 590 g/mol. The first-order valence-corrected chi connectivity index (χ1v) is 12.3. The van der Waals surface area contributed by atoms with Crippen molar-refractivity contribution in [1.82, 2.24) is 24.1 Å². The quantitative estimate of drug-likeness (QED) is 0.202. The highest BCUT2D eigenvalue weighted by atomic mass is 19.4. The van der Waals surface area contributed by atoms with Gasteiger partial charge in [-0.05, 0) is 55.0 Å². The number of alkyl halides is 6. The van der Waals surface area contributed by atoms with Crippen molar-refractivity contribution in [2.45, 2.75) is 44.4 Å². The predicted molar refractivity (Wildman–Crippen MR) is 131 cm³/mol. The maximum absolute atomic E-state index is 13.8. The van der Waals surface area contributed by atoms with Crippen molar-refractivity contribution in [2.24, 2.45) is 0 Å². The van der Waals surface area contributed by atoms with Crippen molar-refractivity contribution >= 4 is 12.4 Å². The SMILES string of the molecule is C[C@@H](O[C@H]1OCC[N+](C)(c2ncn(CN(C)C=O)n2)[C@H]1c1ccc(F)cc1)c1cc(C(F)(F)F)cc(C(F)(F)F)c1. The van der Waals surface area contributed by atoms with Gasteiger partial charge in [0.05, 0.1) is 30.9 Å². The molecule has 4 atom stereocenters. The minimum Gasteiger partial charge on any atom is -0.341 e. The van der Waals surface area contributed by atoms with Crippen LogP contribution in [0.2, 0.25) is 0 Å². The third-order valence-corrected chi connectivity index (χ3v) is 6.87. The van der Waals surface area contributed by atoms with Gasteiger partial charge in [0.15, 0.2) is 6.04 Å². The van der Waals surface area contributed by atoms with Crippen LogP contribution in [0.25, 0.3) is 0 Å². The summed E-state index contributed by atoms with van der Waals surface area (Å²) in [5.41, 5.74) is -2.78. The Balaban J connectivity index is 1.73. The molecular weight excluding hydrogens is 563 g/mol. The van der Waals surface area contributed by atoms with Crippen LogP contribution in [-0.2, 0) is 33.3 Å². The Bertz CT molecular complexity index is 1330. The zero-order valence-electron chi connectivity index (χ0n) is 22.2. The number of hydrogen-bond acceptors (Lipinski definition) is 5. The van der Waals surface area contributed by atoms with E-state index in [0.717, 1.165) is 0 Å². The maximum atomic E-state index is 13.8. The number of hydrogen-bond donors (Lipinski definition) is 0. The summed E-state index contributed by atoms with van der Waals surface area (Å²) in [7, 11) is 3.30. The lowest BCUT2D eigenvalue weighted by molar-refractivity contribution is -0.224. The first-order valence-electron chi connectivity index (χ1n) is 12.3. The van der Waals surface area contributed by atoms with Crippen LogP contribution in [0, 0.1) is 5.82 Å². The fourth-order valence-electron chi connectivity index (χ4n) is 4.68. The number of carbonyl (C=O) groups is 1. The summed E-state index contributed by atoms with van der Waals surface area (Å²) in [5.74, 6) is -0.241. The number of nitrogens with zero attached hydrogens (tertiary/aromatic N) is 5. The number of rotatable bonds is 8. The molecule has 222 valence electrons. The van der Waals surface area contributed by atoms with E-state index in [1.165, 1.54) is 47.1 Å². The number of ether oxygens (including phenoxy) is 2. The van der Waals surface area contributed by atoms with Gasteiger partial charge in [-0.3, -0.25) is 4.79 Å². The summed E-state index contributed by atoms with van der Waals surface area (Å²) in [5, 5.41) is 4.48. The molecule has 0 spiro atoms. The highest BCUT2D eigenvalue weighted by Gasteiger charge is 2.50. The van der Waals surface area contributed by atoms with E-state index in [4.69, 9.17) is 9.47 Å². The number of benzene rings is 2. The largest absolute Gasteiger partial charge is 0.416 e. The molecule has 0 saturated carbocycles. The molecule has 1 aliphatic rings. The van der Waals surface area contributed by atoms with E-state index in [0.29, 0.717) is 30.7 Å². The molecule has 0 aliphatic carbocycles. The lowest BCUT2D eigenvalue weighted by Crippen LogP contribution is -2.60. The average molecular weight is 591 g/mol. The molecule has 0 radical (unpaired) electrons. The molecule has 1 saturated heterocycles. The number of aromatic nitrogens is 3. The van der Waals surface area contributed by atoms with Gasteiger partial charge >= 0.3 is 18.3 Å². The number of quaternary nitrogens is 1. The van der Waals surface area contributed by atoms with Crippen molar-refractivity contribution in [1.29, 1.82) is 0 Å². The maximum Gasteiger partial charge on any atom is 0.416 e. The minimum absolute atomic E-state index is 0.0483. The molecule has 1 aromatic heterocycles. The minimum atomic E-state index is -5.02. The second-order valence-corrected chi connectivity index (χ2v) is 9.93. The van der Waals surface area contributed by atoms with Gasteiger partial charge in [0.25, 0.3) is 0 Å². The van der Waals surface area contributed by atoms with E-state index >= 15 is 0 Å². The van der Waals surface area contributed by atoms with Crippen LogP contribution in [-0.4, -0.2) is 59.6 Å². The Morgan fingerprint density at radius 2 is 1.73 bits per heavy atom. The summed E-state index contributed by atoms with van der Waals surface area (Å²) in [4.78, 5) is 16.7. The normalized spacial score (nSPS) is 22.4. The van der Waals surface area contributed by atoms with Crippen LogP contribution in [0.1, 0.15) is 41.3 Å². The first kappa shape index (κ1) is 30.4. The van der Waals surface area contributed by atoms with Crippen LogP contribution in [0.3, 0.4) is 0 Å². The van der Waals surface area contributed by atoms with Crippen LogP contribution >= 0.6 is 0 Å². The number of amides is 1. The first-order chi connectivity index (χ1) is 19.1. The summed E-state index contributed by atoms with van der Waals surface area (Å²) < 4.78 is 108. The van der Waals surface area contributed by atoms with E-state index in [2.05, 4.69) is 10.1 Å². The molecule has 0 bridgehead atoms. The van der Waals surface area contributed by atoms with E-state index in [-0.39, 0.29) is 35.3 Å². The van der Waals surface area contributed by atoms with Gasteiger partial charge in [0, 0.05) is 12.6 Å². The fourth-order valence-corrected chi connectivity index (χ4v) is 4.68. The number of morpholine rings is 1. The van der Waals surface area contributed by atoms with Gasteiger partial charge in [-0.2, -0.15) is 31.3 Å². The second-order valence-electron chi connectivity index (χ2n) is 9.93. The van der Waals surface area contributed by atoms with E-state index in [1.54, 1.807) is 14.1 Å². The number of halogens is 7. The van der Waals surface area contributed by atoms with Gasteiger partial charge in [-0.15, -0.1) is 0 Å². The molecule has 3 aromatic rings. The lowest BCUT2D eigenvalue weighted by atomic mass is 9.99. The summed E-state index contributed by atoms with van der Waals surface area (Å²) in [6.45, 7) is 1.79. The van der Waals surface area contributed by atoms with Crippen LogP contribution < -0.4 is 4.48 Å². The van der Waals surface area contributed by atoms with Crippen molar-refractivity contribution in [2.75, 3.05) is 27.2 Å². The molecule has 8 nitrogen and oxygen atoms in total.